The van der Waals surface area contributed by atoms with Gasteiger partial charge in [-0.3, -0.25) is 5.32 Å². The predicted molar refractivity (Wildman–Crippen MR) is 89.6 cm³/mol. The molecule has 1 aromatic carbocycles. The minimum absolute atomic E-state index is 0.00168. The lowest BCUT2D eigenvalue weighted by Crippen LogP contribution is -2.60. The van der Waals surface area contributed by atoms with Gasteiger partial charge in [0.1, 0.15) is 6.17 Å². The van der Waals surface area contributed by atoms with Crippen molar-refractivity contribution in [2.75, 3.05) is 0 Å². The average Bonchev–Trinajstić information content (AvgIpc) is 2.97. The summed E-state index contributed by atoms with van der Waals surface area (Å²) in [6, 6.07) is 13.3. The number of nitrogens with zero attached hydrogens (tertiary/aromatic N) is 2. The van der Waals surface area contributed by atoms with Crippen LogP contribution in [0.2, 0.25) is 0 Å². The van der Waals surface area contributed by atoms with Gasteiger partial charge in [-0.05, 0) is 25.0 Å². The van der Waals surface area contributed by atoms with Crippen LogP contribution in [0, 0.1) is 11.3 Å². The molecular formula is C17H22N4S. The summed E-state index contributed by atoms with van der Waals surface area (Å²) in [7, 11) is 0. The van der Waals surface area contributed by atoms with Crippen molar-refractivity contribution in [3.63, 3.8) is 0 Å². The van der Waals surface area contributed by atoms with Crippen LogP contribution < -0.4 is 10.7 Å². The molecule has 1 fully saturated rings. The summed E-state index contributed by atoms with van der Waals surface area (Å²) in [6.07, 6.45) is 6.52. The molecule has 3 atom stereocenters. The van der Waals surface area contributed by atoms with Crippen LogP contribution in [-0.2, 0) is 0 Å². The number of benzene rings is 1. The average molecular weight is 314 g/mol. The van der Waals surface area contributed by atoms with Gasteiger partial charge in [0.05, 0.1) is 17.0 Å². The molecule has 22 heavy (non-hydrogen) atoms. The zero-order chi connectivity index (χ0) is 15.4. The summed E-state index contributed by atoms with van der Waals surface area (Å²) in [4.78, 5) is 1.27. The quantitative estimate of drug-likeness (QED) is 0.874. The molecule has 116 valence electrons. The second-order valence-electron chi connectivity index (χ2n) is 5.78. The molecule has 2 heterocycles. The summed E-state index contributed by atoms with van der Waals surface area (Å²) in [5, 5.41) is 15.4. The van der Waals surface area contributed by atoms with Crippen LogP contribution >= 0.6 is 11.8 Å². The van der Waals surface area contributed by atoms with Crippen LogP contribution in [-0.4, -0.2) is 22.6 Å². The maximum absolute atomic E-state index is 9.31. The molecule has 4 nitrogen and oxygen atoms in total. The number of hydrogen-bond donors (Lipinski definition) is 2. The van der Waals surface area contributed by atoms with Crippen LogP contribution in [0.1, 0.15) is 32.6 Å². The van der Waals surface area contributed by atoms with Crippen LogP contribution in [0.4, 0.5) is 0 Å². The maximum Gasteiger partial charge on any atom is 0.117 e. The fourth-order valence-electron chi connectivity index (χ4n) is 3.02. The van der Waals surface area contributed by atoms with Crippen molar-refractivity contribution in [2.24, 2.45) is 0 Å². The van der Waals surface area contributed by atoms with E-state index < -0.39 is 0 Å². The summed E-state index contributed by atoms with van der Waals surface area (Å²) < 4.78 is 0. The zero-order valence-electron chi connectivity index (χ0n) is 12.8. The molecule has 0 saturated carbocycles. The number of rotatable bonds is 5. The fraction of sp³-hybridized carbons (Fsp3) is 0.471. The molecule has 0 spiro atoms. The molecule has 3 unspecified atom stereocenters. The molecule has 0 aromatic heterocycles. The lowest BCUT2D eigenvalue weighted by atomic mass is 10.0. The van der Waals surface area contributed by atoms with E-state index >= 15 is 0 Å². The normalized spacial score (nSPS) is 27.6. The van der Waals surface area contributed by atoms with Crippen molar-refractivity contribution >= 4 is 11.8 Å². The molecule has 1 saturated heterocycles. The molecule has 3 rings (SSSR count). The topological polar surface area (TPSA) is 51.1 Å². The van der Waals surface area contributed by atoms with E-state index in [9.17, 15) is 5.26 Å². The van der Waals surface area contributed by atoms with Gasteiger partial charge < -0.3 is 5.43 Å². The van der Waals surface area contributed by atoms with Crippen molar-refractivity contribution in [3.8, 4) is 6.07 Å². The fourth-order valence-corrected chi connectivity index (χ4v) is 4.27. The Balaban J connectivity index is 1.74. The van der Waals surface area contributed by atoms with Gasteiger partial charge in [-0.15, -0.1) is 11.8 Å². The number of unbranched alkanes of at least 4 members (excludes halogenated alkanes) is 1. The summed E-state index contributed by atoms with van der Waals surface area (Å²) >= 11 is 1.87. The van der Waals surface area contributed by atoms with Crippen LogP contribution in [0.5, 0.6) is 0 Å². The van der Waals surface area contributed by atoms with Gasteiger partial charge in [-0.25, -0.2) is 0 Å². The van der Waals surface area contributed by atoms with E-state index in [1.54, 1.807) is 0 Å². The van der Waals surface area contributed by atoms with Gasteiger partial charge in [-0.2, -0.15) is 10.3 Å². The molecule has 2 aliphatic heterocycles. The third kappa shape index (κ3) is 3.30. The summed E-state index contributed by atoms with van der Waals surface area (Å²) in [5.74, 6) is 0. The molecule has 5 heteroatoms. The van der Waals surface area contributed by atoms with Crippen molar-refractivity contribution in [1.29, 1.82) is 5.26 Å². The third-order valence-electron chi connectivity index (χ3n) is 4.18. The van der Waals surface area contributed by atoms with Crippen molar-refractivity contribution in [1.82, 2.24) is 15.8 Å². The van der Waals surface area contributed by atoms with E-state index in [4.69, 9.17) is 0 Å². The Morgan fingerprint density at radius 2 is 2.18 bits per heavy atom. The highest BCUT2D eigenvalue weighted by Gasteiger charge is 2.40. The largest absolute Gasteiger partial charge is 0.322 e. The number of thioether (sulfide) groups is 1. The van der Waals surface area contributed by atoms with E-state index in [-0.39, 0.29) is 6.17 Å². The van der Waals surface area contributed by atoms with E-state index in [1.807, 2.05) is 24.0 Å². The lowest BCUT2D eigenvalue weighted by molar-refractivity contribution is 0.0904. The highest BCUT2D eigenvalue weighted by atomic mass is 32.2. The molecule has 0 bridgehead atoms. The van der Waals surface area contributed by atoms with Crippen LogP contribution in [0.25, 0.3) is 0 Å². The molecule has 2 aliphatic rings. The highest BCUT2D eigenvalue weighted by molar-refractivity contribution is 7.99. The Labute approximate surface area is 136 Å². The Kier molecular flexibility index (Phi) is 5.04. The van der Waals surface area contributed by atoms with Crippen molar-refractivity contribution < 1.29 is 0 Å². The maximum atomic E-state index is 9.31. The molecular weight excluding hydrogens is 292 g/mol. The number of hydrogen-bond acceptors (Lipinski definition) is 5. The Hall–Kier alpha value is -1.48. The lowest BCUT2D eigenvalue weighted by Gasteiger charge is -2.42. The van der Waals surface area contributed by atoms with Crippen LogP contribution in [0.15, 0.2) is 47.0 Å². The van der Waals surface area contributed by atoms with E-state index in [0.717, 1.165) is 12.0 Å². The standard InChI is InChI=1S/C17H22N4S/c1-2-3-7-14-10-16(22-15-8-5-4-6-9-15)21-17(20-14)13(11-18)12-19-21/h4-6,8-9,12,14,16-17,19-20H,2-3,7,10H2,1H3. The minimum atomic E-state index is 0.00168. The number of fused-ring (bicyclic) bond motifs is 1. The second kappa shape index (κ2) is 7.19. The van der Waals surface area contributed by atoms with E-state index in [2.05, 4.69) is 53.0 Å². The highest BCUT2D eigenvalue weighted by Crippen LogP contribution is 2.35. The number of nitrogens with one attached hydrogen (secondary N) is 2. The van der Waals surface area contributed by atoms with Gasteiger partial charge in [0, 0.05) is 17.1 Å². The first-order chi connectivity index (χ1) is 10.8. The smallest absolute Gasteiger partial charge is 0.117 e. The molecule has 0 radical (unpaired) electrons. The Morgan fingerprint density at radius 1 is 1.36 bits per heavy atom. The molecule has 2 N–H and O–H groups in total. The first kappa shape index (κ1) is 15.4. The predicted octanol–water partition coefficient (Wildman–Crippen LogP) is 3.21. The van der Waals surface area contributed by atoms with Gasteiger partial charge in [0.15, 0.2) is 0 Å². The molecule has 0 aliphatic carbocycles. The van der Waals surface area contributed by atoms with Gasteiger partial charge in [0.25, 0.3) is 0 Å². The van der Waals surface area contributed by atoms with Gasteiger partial charge in [0.2, 0.25) is 0 Å². The van der Waals surface area contributed by atoms with Gasteiger partial charge in [-0.1, -0.05) is 38.0 Å². The number of hydrazine groups is 1. The van der Waals surface area contributed by atoms with Crippen molar-refractivity contribution in [3.05, 3.63) is 42.1 Å². The molecule has 1 aromatic rings. The third-order valence-corrected chi connectivity index (χ3v) is 5.42. The van der Waals surface area contributed by atoms with Crippen LogP contribution in [0.3, 0.4) is 0 Å². The number of nitriles is 1. The monoisotopic (exact) mass is 314 g/mol. The van der Waals surface area contributed by atoms with E-state index in [0.29, 0.717) is 11.4 Å². The van der Waals surface area contributed by atoms with Crippen molar-refractivity contribution in [2.45, 2.75) is 55.1 Å². The SMILES string of the molecule is CCCCC1CC(Sc2ccccc2)N2NC=C(C#N)C2N1. The molecule has 0 amide bonds. The van der Waals surface area contributed by atoms with E-state index in [1.165, 1.54) is 24.2 Å². The second-order valence-corrected chi connectivity index (χ2v) is 7.03. The zero-order valence-corrected chi connectivity index (χ0v) is 13.6. The minimum Gasteiger partial charge on any atom is -0.322 e. The first-order valence-corrected chi connectivity index (χ1v) is 8.82. The Bertz CT molecular complexity index is 566. The summed E-state index contributed by atoms with van der Waals surface area (Å²) in [5.41, 5.74) is 4.05. The summed E-state index contributed by atoms with van der Waals surface area (Å²) in [6.45, 7) is 2.23. The van der Waals surface area contributed by atoms with Gasteiger partial charge >= 0.3 is 0 Å². The first-order valence-electron chi connectivity index (χ1n) is 7.94. The Morgan fingerprint density at radius 3 is 2.91 bits per heavy atom.